The van der Waals surface area contributed by atoms with Crippen LogP contribution in [0.2, 0.25) is 0 Å². The van der Waals surface area contributed by atoms with Gasteiger partial charge in [0, 0.05) is 0 Å². The van der Waals surface area contributed by atoms with Crippen LogP contribution >= 0.6 is 0 Å². The molecule has 0 saturated heterocycles. The summed E-state index contributed by atoms with van der Waals surface area (Å²) < 4.78 is 26.2. The summed E-state index contributed by atoms with van der Waals surface area (Å²) in [4.78, 5) is 0. The number of benzene rings is 1. The van der Waals surface area contributed by atoms with Crippen molar-refractivity contribution in [2.24, 2.45) is 0 Å². The standard InChI is InChI=1S/C16H12O2Se/c17-19(18,14-8-4-2-5-9-14)16-12-11-13-7-3-1-6-10-15(13)16/h1-12H. The molecule has 0 aliphatic heterocycles. The molecule has 0 amide bonds. The van der Waals surface area contributed by atoms with E-state index < -0.39 is 12.7 Å². The van der Waals surface area contributed by atoms with Gasteiger partial charge in [0.1, 0.15) is 0 Å². The molecule has 0 aromatic heterocycles. The number of rotatable bonds is 2. The van der Waals surface area contributed by atoms with Gasteiger partial charge in [-0.15, -0.1) is 0 Å². The van der Waals surface area contributed by atoms with Crippen molar-refractivity contribution < 1.29 is 7.67 Å². The molecule has 1 aromatic rings. The van der Waals surface area contributed by atoms with Gasteiger partial charge in [0.25, 0.3) is 0 Å². The molecule has 94 valence electrons. The Morgan fingerprint density at radius 3 is 2.00 bits per heavy atom. The fourth-order valence-electron chi connectivity index (χ4n) is 2.15. The third kappa shape index (κ3) is 2.07. The Morgan fingerprint density at radius 2 is 1.26 bits per heavy atom. The van der Waals surface area contributed by atoms with E-state index in [9.17, 15) is 7.67 Å². The van der Waals surface area contributed by atoms with Gasteiger partial charge in [0.2, 0.25) is 0 Å². The molecule has 0 spiro atoms. The fraction of sp³-hybridized carbons (Fsp3) is 0. The van der Waals surface area contributed by atoms with Crippen LogP contribution in [-0.2, 0) is 7.67 Å². The summed E-state index contributed by atoms with van der Waals surface area (Å²) in [6, 6.07) is 21.7. The minimum atomic E-state index is -4.31. The van der Waals surface area contributed by atoms with E-state index >= 15 is 0 Å². The molecule has 3 rings (SSSR count). The summed E-state index contributed by atoms with van der Waals surface area (Å²) in [5, 5.41) is 0. The van der Waals surface area contributed by atoms with Crippen LogP contribution in [0.3, 0.4) is 0 Å². The van der Waals surface area contributed by atoms with Crippen LogP contribution in [0.25, 0.3) is 11.1 Å². The number of fused-ring (bicyclic) bond motifs is 1. The van der Waals surface area contributed by atoms with Gasteiger partial charge in [-0.1, -0.05) is 0 Å². The van der Waals surface area contributed by atoms with Crippen molar-refractivity contribution in [3.8, 4) is 11.1 Å². The van der Waals surface area contributed by atoms with Crippen LogP contribution in [0.1, 0.15) is 0 Å². The summed E-state index contributed by atoms with van der Waals surface area (Å²) in [6.45, 7) is 0. The van der Waals surface area contributed by atoms with Crippen LogP contribution in [-0.4, -0.2) is 12.7 Å². The van der Waals surface area contributed by atoms with E-state index in [1.807, 2.05) is 42.5 Å². The number of hydrogen-bond acceptors (Lipinski definition) is 2. The van der Waals surface area contributed by atoms with Crippen molar-refractivity contribution in [2.75, 3.05) is 0 Å². The molecule has 0 heterocycles. The number of hydrogen-bond donors (Lipinski definition) is 0. The molecule has 0 unspecified atom stereocenters. The fourth-order valence-corrected chi connectivity index (χ4v) is 5.28. The molecule has 0 saturated carbocycles. The summed E-state index contributed by atoms with van der Waals surface area (Å²) in [7, 11) is 0. The maximum atomic E-state index is 12.7. The van der Waals surface area contributed by atoms with Crippen molar-refractivity contribution in [3.63, 3.8) is 0 Å². The van der Waals surface area contributed by atoms with E-state index in [4.69, 9.17) is 0 Å². The zero-order chi connectivity index (χ0) is 13.3. The van der Waals surface area contributed by atoms with Gasteiger partial charge in [-0.3, -0.25) is 0 Å². The zero-order valence-electron chi connectivity index (χ0n) is 10.2. The first kappa shape index (κ1) is 12.1. The molecule has 0 atom stereocenters. The second-order valence-electron chi connectivity index (χ2n) is 4.29. The molecule has 1 aromatic carbocycles. The predicted molar refractivity (Wildman–Crippen MR) is 75.9 cm³/mol. The van der Waals surface area contributed by atoms with Gasteiger partial charge >= 0.3 is 113 Å². The SMILES string of the molecule is O=[Se](=O)(c1ccccc1)c1ccc2cccccc1-2. The maximum absolute atomic E-state index is 12.7. The van der Waals surface area contributed by atoms with Crippen molar-refractivity contribution >= 4 is 21.6 Å². The van der Waals surface area contributed by atoms with Crippen LogP contribution < -0.4 is 8.92 Å². The van der Waals surface area contributed by atoms with Crippen LogP contribution in [0.5, 0.6) is 0 Å². The Kier molecular flexibility index (Phi) is 2.94. The van der Waals surface area contributed by atoms with Crippen molar-refractivity contribution in [3.05, 3.63) is 72.8 Å². The second-order valence-corrected chi connectivity index (χ2v) is 8.32. The molecule has 0 radical (unpaired) electrons. The van der Waals surface area contributed by atoms with Crippen molar-refractivity contribution in [1.29, 1.82) is 0 Å². The van der Waals surface area contributed by atoms with Crippen LogP contribution in [0.15, 0.2) is 72.8 Å². The van der Waals surface area contributed by atoms with Gasteiger partial charge in [-0.25, -0.2) is 0 Å². The first-order valence-electron chi connectivity index (χ1n) is 5.97. The first-order valence-corrected chi connectivity index (χ1v) is 9.09. The molecule has 2 nitrogen and oxygen atoms in total. The normalized spacial score (nSPS) is 11.6. The quantitative estimate of drug-likeness (QED) is 0.680. The van der Waals surface area contributed by atoms with Gasteiger partial charge in [-0.05, 0) is 0 Å². The molecule has 19 heavy (non-hydrogen) atoms. The summed E-state index contributed by atoms with van der Waals surface area (Å²) in [5.41, 5.74) is 1.74. The Bertz CT molecular complexity index is 777. The van der Waals surface area contributed by atoms with Crippen LogP contribution in [0.4, 0.5) is 0 Å². The molecule has 0 N–H and O–H groups in total. The van der Waals surface area contributed by atoms with Gasteiger partial charge in [0.05, 0.1) is 0 Å². The average Bonchev–Trinajstić information content (AvgIpc) is 2.70. The second kappa shape index (κ2) is 4.61. The van der Waals surface area contributed by atoms with Crippen molar-refractivity contribution in [2.45, 2.75) is 0 Å². The average molecular weight is 315 g/mol. The molecular formula is C16H12O2Se. The first-order chi connectivity index (χ1) is 9.19. The monoisotopic (exact) mass is 316 g/mol. The summed E-state index contributed by atoms with van der Waals surface area (Å²) in [5.74, 6) is 0. The predicted octanol–water partition coefficient (Wildman–Crippen LogP) is 2.21. The van der Waals surface area contributed by atoms with E-state index in [0.29, 0.717) is 8.92 Å². The molecule has 0 bridgehead atoms. The topological polar surface area (TPSA) is 34.1 Å². The van der Waals surface area contributed by atoms with Gasteiger partial charge in [0.15, 0.2) is 0 Å². The van der Waals surface area contributed by atoms with E-state index in [0.717, 1.165) is 11.1 Å². The third-order valence-electron chi connectivity index (χ3n) is 3.09. The van der Waals surface area contributed by atoms with E-state index in [2.05, 4.69) is 0 Å². The summed E-state index contributed by atoms with van der Waals surface area (Å²) in [6.07, 6.45) is 0. The molecule has 2 aliphatic carbocycles. The van der Waals surface area contributed by atoms with Crippen LogP contribution in [0, 0.1) is 0 Å². The zero-order valence-corrected chi connectivity index (χ0v) is 11.9. The minimum absolute atomic E-state index is 0.401. The Morgan fingerprint density at radius 1 is 0.632 bits per heavy atom. The van der Waals surface area contributed by atoms with E-state index in [1.165, 1.54) is 0 Å². The van der Waals surface area contributed by atoms with Gasteiger partial charge in [-0.2, -0.15) is 0 Å². The van der Waals surface area contributed by atoms with E-state index in [-0.39, 0.29) is 0 Å². The molecular weight excluding hydrogens is 303 g/mol. The molecule has 3 heteroatoms. The molecule has 2 aliphatic rings. The third-order valence-corrected chi connectivity index (χ3v) is 6.93. The molecule has 0 fully saturated rings. The van der Waals surface area contributed by atoms with Crippen molar-refractivity contribution in [1.82, 2.24) is 0 Å². The Labute approximate surface area is 113 Å². The summed E-state index contributed by atoms with van der Waals surface area (Å²) >= 11 is -4.31. The van der Waals surface area contributed by atoms with Gasteiger partial charge < -0.3 is 0 Å². The Balaban J connectivity index is 2.23. The Hall–Kier alpha value is -1.96. The van der Waals surface area contributed by atoms with E-state index in [1.54, 1.807) is 30.3 Å².